The van der Waals surface area contributed by atoms with E-state index in [1.54, 1.807) is 13.0 Å². The quantitative estimate of drug-likeness (QED) is 0.730. The van der Waals surface area contributed by atoms with E-state index in [1.165, 1.54) is 12.1 Å². The number of benzene rings is 1. The molecule has 0 fully saturated rings. The maximum absolute atomic E-state index is 10.5. The molecule has 0 aliphatic carbocycles. The summed E-state index contributed by atoms with van der Waals surface area (Å²) < 4.78 is 0. The average Bonchev–Trinajstić information content (AvgIpc) is 2.16. The number of hydrogen-bond donors (Lipinski definition) is 2. The Bertz CT molecular complexity index is 406. The molecule has 0 bridgehead atoms. The van der Waals surface area contributed by atoms with E-state index in [9.17, 15) is 9.90 Å². The molecule has 0 aliphatic heterocycles. The number of aliphatic carboxylic acids is 1. The summed E-state index contributed by atoms with van der Waals surface area (Å²) in [5.41, 5.74) is 1.36. The summed E-state index contributed by atoms with van der Waals surface area (Å²) in [5.74, 6) is -1.29. The molecule has 1 atom stereocenters. The maximum Gasteiger partial charge on any atom is 0.337 e. The average molecular weight is 191 g/mol. The number of aliphatic hydroxyl groups is 1. The van der Waals surface area contributed by atoms with Crippen molar-refractivity contribution in [2.24, 2.45) is 0 Å². The van der Waals surface area contributed by atoms with E-state index in [1.807, 2.05) is 6.07 Å². The highest BCUT2D eigenvalue weighted by molar-refractivity contribution is 5.74. The molecule has 72 valence electrons. The molecule has 0 heterocycles. The predicted octanol–water partition coefficient (Wildman–Crippen LogP) is 0.985. The molecule has 0 radical (unpaired) electrons. The van der Waals surface area contributed by atoms with E-state index in [2.05, 4.69) is 0 Å². The van der Waals surface area contributed by atoms with Gasteiger partial charge in [-0.05, 0) is 30.2 Å². The minimum absolute atomic E-state index is 0.316. The van der Waals surface area contributed by atoms with Crippen LogP contribution in [-0.2, 0) is 4.79 Å². The van der Waals surface area contributed by atoms with Gasteiger partial charge in [-0.2, -0.15) is 5.26 Å². The van der Waals surface area contributed by atoms with E-state index in [-0.39, 0.29) is 0 Å². The molecule has 0 spiro atoms. The van der Waals surface area contributed by atoms with E-state index in [0.29, 0.717) is 16.7 Å². The normalized spacial score (nSPS) is 11.8. The van der Waals surface area contributed by atoms with Gasteiger partial charge < -0.3 is 10.2 Å². The molecule has 0 saturated carbocycles. The Kier molecular flexibility index (Phi) is 2.85. The van der Waals surface area contributed by atoms with Gasteiger partial charge in [-0.15, -0.1) is 0 Å². The lowest BCUT2D eigenvalue weighted by Gasteiger charge is -2.08. The number of nitrogens with zero attached hydrogens (tertiary/aromatic N) is 1. The van der Waals surface area contributed by atoms with Gasteiger partial charge in [-0.25, -0.2) is 4.79 Å². The molecule has 4 heteroatoms. The van der Waals surface area contributed by atoms with E-state index in [4.69, 9.17) is 10.4 Å². The van der Waals surface area contributed by atoms with Gasteiger partial charge in [0.05, 0.1) is 11.6 Å². The molecule has 1 unspecified atom stereocenters. The molecule has 0 aliphatic rings. The number of aliphatic hydroxyl groups excluding tert-OH is 1. The van der Waals surface area contributed by atoms with E-state index >= 15 is 0 Å². The van der Waals surface area contributed by atoms with Gasteiger partial charge in [0.2, 0.25) is 0 Å². The van der Waals surface area contributed by atoms with Gasteiger partial charge >= 0.3 is 5.97 Å². The molecule has 1 aromatic carbocycles. The SMILES string of the molecule is Cc1cc(C#N)ccc1C(O)C(=O)O. The predicted molar refractivity (Wildman–Crippen MR) is 48.5 cm³/mol. The fraction of sp³-hybridized carbons (Fsp3) is 0.200. The van der Waals surface area contributed by atoms with Crippen LogP contribution in [-0.4, -0.2) is 16.2 Å². The molecule has 0 aromatic heterocycles. The molecular weight excluding hydrogens is 182 g/mol. The van der Waals surface area contributed by atoms with Gasteiger partial charge in [0.25, 0.3) is 0 Å². The van der Waals surface area contributed by atoms with Crippen LogP contribution in [0.3, 0.4) is 0 Å². The molecule has 0 amide bonds. The van der Waals surface area contributed by atoms with Crippen LogP contribution in [0.15, 0.2) is 18.2 Å². The van der Waals surface area contributed by atoms with Crippen LogP contribution in [0.4, 0.5) is 0 Å². The lowest BCUT2D eigenvalue weighted by molar-refractivity contribution is -0.147. The largest absolute Gasteiger partial charge is 0.479 e. The first-order chi connectivity index (χ1) is 6.56. The second kappa shape index (κ2) is 3.90. The van der Waals surface area contributed by atoms with Crippen molar-refractivity contribution >= 4 is 5.97 Å². The lowest BCUT2D eigenvalue weighted by atomic mass is 10.0. The number of hydrogen-bond acceptors (Lipinski definition) is 3. The van der Waals surface area contributed by atoms with Crippen LogP contribution in [0, 0.1) is 18.3 Å². The van der Waals surface area contributed by atoms with Crippen molar-refractivity contribution in [3.05, 3.63) is 34.9 Å². The first-order valence-corrected chi connectivity index (χ1v) is 3.97. The van der Waals surface area contributed by atoms with Crippen molar-refractivity contribution in [2.45, 2.75) is 13.0 Å². The Hall–Kier alpha value is -1.86. The molecule has 0 saturated heterocycles. The van der Waals surface area contributed by atoms with Gasteiger partial charge in [0.15, 0.2) is 6.10 Å². The summed E-state index contributed by atoms with van der Waals surface area (Å²) in [6, 6.07) is 6.41. The molecular formula is C10H9NO3. The summed E-state index contributed by atoms with van der Waals surface area (Å²) in [5, 5.41) is 26.4. The van der Waals surface area contributed by atoms with Crippen molar-refractivity contribution in [2.75, 3.05) is 0 Å². The molecule has 2 N–H and O–H groups in total. The zero-order valence-corrected chi connectivity index (χ0v) is 7.56. The number of aryl methyl sites for hydroxylation is 1. The maximum atomic E-state index is 10.5. The van der Waals surface area contributed by atoms with Gasteiger partial charge in [-0.3, -0.25) is 0 Å². The molecule has 1 aromatic rings. The van der Waals surface area contributed by atoms with Crippen LogP contribution in [0.5, 0.6) is 0 Å². The first kappa shape index (κ1) is 10.2. The Balaban J connectivity index is 3.13. The number of nitriles is 1. The van der Waals surface area contributed by atoms with Gasteiger partial charge in [0.1, 0.15) is 0 Å². The second-order valence-corrected chi connectivity index (χ2v) is 2.92. The first-order valence-electron chi connectivity index (χ1n) is 3.97. The highest BCUT2D eigenvalue weighted by Crippen LogP contribution is 2.18. The third-order valence-electron chi connectivity index (χ3n) is 1.93. The molecule has 14 heavy (non-hydrogen) atoms. The van der Waals surface area contributed by atoms with Crippen molar-refractivity contribution in [1.82, 2.24) is 0 Å². The summed E-state index contributed by atoms with van der Waals surface area (Å²) >= 11 is 0. The Morgan fingerprint density at radius 3 is 2.64 bits per heavy atom. The second-order valence-electron chi connectivity index (χ2n) is 2.92. The number of carboxylic acids is 1. The minimum atomic E-state index is -1.53. The van der Waals surface area contributed by atoms with Crippen LogP contribution in [0.2, 0.25) is 0 Å². The third kappa shape index (κ3) is 1.90. The monoisotopic (exact) mass is 191 g/mol. The van der Waals surface area contributed by atoms with Crippen LogP contribution >= 0.6 is 0 Å². The van der Waals surface area contributed by atoms with Gasteiger partial charge in [-0.1, -0.05) is 6.07 Å². The summed E-state index contributed by atoms with van der Waals surface area (Å²) in [4.78, 5) is 10.5. The van der Waals surface area contributed by atoms with Crippen molar-refractivity contribution in [1.29, 1.82) is 5.26 Å². The summed E-state index contributed by atoms with van der Waals surface area (Å²) in [6.07, 6.45) is -1.53. The number of carbonyl (C=O) groups is 1. The highest BCUT2D eigenvalue weighted by atomic mass is 16.4. The third-order valence-corrected chi connectivity index (χ3v) is 1.93. The smallest absolute Gasteiger partial charge is 0.337 e. The molecule has 4 nitrogen and oxygen atoms in total. The van der Waals surface area contributed by atoms with Crippen LogP contribution in [0.25, 0.3) is 0 Å². The topological polar surface area (TPSA) is 81.3 Å². The number of carboxylic acid groups (broad SMARTS) is 1. The van der Waals surface area contributed by atoms with Crippen molar-refractivity contribution in [3.63, 3.8) is 0 Å². The van der Waals surface area contributed by atoms with Crippen molar-refractivity contribution in [3.8, 4) is 6.07 Å². The zero-order chi connectivity index (χ0) is 10.7. The van der Waals surface area contributed by atoms with Crippen LogP contribution in [0.1, 0.15) is 22.8 Å². The van der Waals surface area contributed by atoms with E-state index in [0.717, 1.165) is 0 Å². The molecule has 1 rings (SSSR count). The number of rotatable bonds is 2. The summed E-state index contributed by atoms with van der Waals surface area (Å²) in [7, 11) is 0. The zero-order valence-electron chi connectivity index (χ0n) is 7.56. The fourth-order valence-electron chi connectivity index (χ4n) is 1.19. The van der Waals surface area contributed by atoms with Crippen LogP contribution < -0.4 is 0 Å². The minimum Gasteiger partial charge on any atom is -0.479 e. The Morgan fingerprint density at radius 1 is 1.57 bits per heavy atom. The Morgan fingerprint density at radius 2 is 2.21 bits per heavy atom. The standard InChI is InChI=1S/C10H9NO3/c1-6-4-7(5-11)2-3-8(6)9(12)10(13)14/h2-4,9,12H,1H3,(H,13,14). The van der Waals surface area contributed by atoms with Gasteiger partial charge in [0, 0.05) is 0 Å². The van der Waals surface area contributed by atoms with E-state index < -0.39 is 12.1 Å². The fourth-order valence-corrected chi connectivity index (χ4v) is 1.19. The van der Waals surface area contributed by atoms with Crippen molar-refractivity contribution < 1.29 is 15.0 Å². The summed E-state index contributed by atoms with van der Waals surface area (Å²) in [6.45, 7) is 1.66. The highest BCUT2D eigenvalue weighted by Gasteiger charge is 2.17. The lowest BCUT2D eigenvalue weighted by Crippen LogP contribution is -2.11. The Labute approximate surface area is 81.0 Å².